The van der Waals surface area contributed by atoms with Gasteiger partial charge in [0.1, 0.15) is 0 Å². The second kappa shape index (κ2) is 17.7. The van der Waals surface area contributed by atoms with Gasteiger partial charge in [-0.2, -0.15) is 0 Å². The summed E-state index contributed by atoms with van der Waals surface area (Å²) < 4.78 is 5.36. The first kappa shape index (κ1) is 52.4. The Hall–Kier alpha value is -7.12. The van der Waals surface area contributed by atoms with Gasteiger partial charge in [0.25, 0.3) is 6.71 Å². The maximum atomic E-state index is 2.87. The minimum Gasteiger partial charge on any atom is -0.334 e. The number of rotatable bonds is 4. The molecule has 2 unspecified atom stereocenters. The molecule has 2 aromatic heterocycles. The third kappa shape index (κ3) is 7.29. The molecule has 5 aliphatic rings. The van der Waals surface area contributed by atoms with Crippen molar-refractivity contribution >= 4 is 132 Å². The average molecular weight is 1130 g/mol. The van der Waals surface area contributed by atoms with Gasteiger partial charge in [-0.15, -0.1) is 22.7 Å². The van der Waals surface area contributed by atoms with E-state index in [0.717, 1.165) is 25.7 Å². The van der Waals surface area contributed by atoms with E-state index in [1.165, 1.54) is 154 Å². The van der Waals surface area contributed by atoms with Crippen LogP contribution < -0.4 is 31.1 Å². The molecule has 3 aliphatic heterocycles. The SMILES string of the molecule is CC(C)(C)c1ccc(N2c3cc(N4c5ccc(C(C)(C)C)cc5C5(C)CCCCC45C)cc4c3B(c3cc5c(cc3N4c3cccc4sc6ccccc6c34)C(C)(C)CCC5(C)C)c3c2ccc2c3sc3ccccc32)c(-c2ccccc2)c1. The van der Waals surface area contributed by atoms with Crippen molar-refractivity contribution in [2.75, 3.05) is 14.7 Å². The molecule has 418 valence electrons. The van der Waals surface area contributed by atoms with Crippen LogP contribution in [0.2, 0.25) is 0 Å². The quantitative estimate of drug-likeness (QED) is 0.163. The van der Waals surface area contributed by atoms with Gasteiger partial charge in [0.2, 0.25) is 0 Å². The highest BCUT2D eigenvalue weighted by Crippen LogP contribution is 2.63. The lowest BCUT2D eigenvalue weighted by Crippen LogP contribution is -2.62. The first-order valence-corrected chi connectivity index (χ1v) is 32.7. The van der Waals surface area contributed by atoms with Gasteiger partial charge in [-0.1, -0.05) is 192 Å². The highest BCUT2D eigenvalue weighted by molar-refractivity contribution is 7.28. The van der Waals surface area contributed by atoms with Crippen molar-refractivity contribution in [1.82, 2.24) is 0 Å². The van der Waals surface area contributed by atoms with Gasteiger partial charge in [-0.25, -0.2) is 0 Å². The van der Waals surface area contributed by atoms with E-state index in [4.69, 9.17) is 0 Å². The summed E-state index contributed by atoms with van der Waals surface area (Å²) in [4.78, 5) is 8.42. The summed E-state index contributed by atoms with van der Waals surface area (Å²) in [5, 5.41) is 5.32. The molecule has 0 N–H and O–H groups in total. The molecule has 2 atom stereocenters. The van der Waals surface area contributed by atoms with Crippen molar-refractivity contribution in [3.8, 4) is 11.1 Å². The Bertz CT molecular complexity index is 4600. The fourth-order valence-electron chi connectivity index (χ4n) is 16.5. The lowest BCUT2D eigenvalue weighted by Gasteiger charge is -2.51. The van der Waals surface area contributed by atoms with Crippen molar-refractivity contribution in [1.29, 1.82) is 0 Å². The topological polar surface area (TPSA) is 9.72 Å². The standard InChI is InChI=1S/C78H76BN3S2/c1-73(2,3)48-31-34-59(54(41-48)47-23-14-13-15-24-47)80-62-36-33-52-51-25-16-18-28-66(51)84-72(52)71(62)79-58-45-55-56(76(9,10)40-39-75(55,7)8)46-63(58)81(61-27-22-30-68-69(61)53-26-17-19-29-67(53)83-68)65-44-50(43-64(80)70(65)79)82-60-35-32-49(74(4,5)6)42-57(60)77(11)37-20-21-38-78(77,82)12/h13-19,22-36,41-46H,20-21,37-40H2,1-12H3. The molecule has 11 aromatic rings. The summed E-state index contributed by atoms with van der Waals surface area (Å²) in [5.74, 6) is 0. The second-order valence-corrected chi connectivity index (χ2v) is 31.6. The number of thiophene rings is 2. The summed E-state index contributed by atoms with van der Waals surface area (Å²) in [6.45, 7) is 29.5. The molecule has 0 saturated heterocycles. The van der Waals surface area contributed by atoms with E-state index in [1.54, 1.807) is 0 Å². The first-order chi connectivity index (χ1) is 40.1. The van der Waals surface area contributed by atoms with E-state index in [-0.39, 0.29) is 39.3 Å². The van der Waals surface area contributed by atoms with Gasteiger partial charge < -0.3 is 14.7 Å². The predicted molar refractivity (Wildman–Crippen MR) is 367 cm³/mol. The van der Waals surface area contributed by atoms with Gasteiger partial charge in [-0.05, 0) is 176 Å². The van der Waals surface area contributed by atoms with Crippen LogP contribution in [0.3, 0.4) is 0 Å². The molecular weight excluding hydrogens is 1050 g/mol. The number of fused-ring (bicyclic) bond motifs is 15. The van der Waals surface area contributed by atoms with Crippen LogP contribution in [0.15, 0.2) is 170 Å². The van der Waals surface area contributed by atoms with Crippen LogP contribution in [0.4, 0.5) is 45.5 Å². The zero-order valence-corrected chi connectivity index (χ0v) is 52.8. The molecule has 9 aromatic carbocycles. The van der Waals surface area contributed by atoms with Crippen LogP contribution in [0.25, 0.3) is 51.5 Å². The highest BCUT2D eigenvalue weighted by Gasteiger charge is 2.59. The monoisotopic (exact) mass is 1130 g/mol. The highest BCUT2D eigenvalue weighted by atomic mass is 32.1. The zero-order valence-electron chi connectivity index (χ0n) is 51.1. The zero-order chi connectivity index (χ0) is 57.8. The Morgan fingerprint density at radius 1 is 0.429 bits per heavy atom. The molecule has 6 heteroatoms. The fourth-order valence-corrected chi connectivity index (χ4v) is 19.0. The molecule has 16 rings (SSSR count). The van der Waals surface area contributed by atoms with Crippen molar-refractivity contribution < 1.29 is 0 Å². The smallest absolute Gasteiger partial charge is 0.254 e. The summed E-state index contributed by atoms with van der Waals surface area (Å²) in [6, 6.07) is 67.6. The Morgan fingerprint density at radius 3 is 1.74 bits per heavy atom. The molecule has 0 bridgehead atoms. The lowest BCUT2D eigenvalue weighted by molar-refractivity contribution is 0.195. The summed E-state index contributed by atoms with van der Waals surface area (Å²) in [7, 11) is 0. The van der Waals surface area contributed by atoms with Gasteiger partial charge in [0.05, 0.1) is 16.9 Å². The van der Waals surface area contributed by atoms with Gasteiger partial charge in [-0.3, -0.25) is 0 Å². The maximum absolute atomic E-state index is 2.87. The van der Waals surface area contributed by atoms with Crippen LogP contribution in [0, 0.1) is 0 Å². The van der Waals surface area contributed by atoms with Crippen LogP contribution in [0.5, 0.6) is 0 Å². The Labute approximate surface area is 506 Å². The van der Waals surface area contributed by atoms with E-state index in [1.807, 2.05) is 22.7 Å². The maximum Gasteiger partial charge on any atom is 0.254 e. The van der Waals surface area contributed by atoms with Crippen molar-refractivity contribution in [3.63, 3.8) is 0 Å². The number of hydrogen-bond acceptors (Lipinski definition) is 5. The Balaban J connectivity index is 1.11. The molecule has 2 aliphatic carbocycles. The lowest BCUT2D eigenvalue weighted by atomic mass is 9.33. The Morgan fingerprint density at radius 2 is 1.02 bits per heavy atom. The van der Waals surface area contributed by atoms with Crippen molar-refractivity contribution in [3.05, 3.63) is 198 Å². The van der Waals surface area contributed by atoms with Gasteiger partial charge >= 0.3 is 0 Å². The molecule has 0 spiro atoms. The number of hydrogen-bond donors (Lipinski definition) is 0. The third-order valence-corrected chi connectivity index (χ3v) is 23.9. The minimum absolute atomic E-state index is 0.00805. The Kier molecular flexibility index (Phi) is 11.1. The molecule has 0 radical (unpaired) electrons. The summed E-state index contributed by atoms with van der Waals surface area (Å²) in [6.07, 6.45) is 7.01. The van der Waals surface area contributed by atoms with E-state index in [9.17, 15) is 0 Å². The summed E-state index contributed by atoms with van der Waals surface area (Å²) >= 11 is 3.92. The van der Waals surface area contributed by atoms with E-state index in [0.29, 0.717) is 0 Å². The molecule has 3 nitrogen and oxygen atoms in total. The fraction of sp³-hybridized carbons (Fsp3) is 0.308. The normalized spacial score (nSPS) is 20.3. The number of benzene rings is 9. The van der Waals surface area contributed by atoms with Gasteiger partial charge in [0.15, 0.2) is 0 Å². The van der Waals surface area contributed by atoms with E-state index >= 15 is 0 Å². The second-order valence-electron chi connectivity index (χ2n) is 29.4. The summed E-state index contributed by atoms with van der Waals surface area (Å²) in [5.41, 5.74) is 23.8. The molecule has 1 saturated carbocycles. The molecule has 0 amide bonds. The van der Waals surface area contributed by atoms with Crippen LogP contribution in [0.1, 0.15) is 149 Å². The predicted octanol–water partition coefficient (Wildman–Crippen LogP) is 20.9. The van der Waals surface area contributed by atoms with E-state index < -0.39 is 0 Å². The van der Waals surface area contributed by atoms with Crippen LogP contribution in [-0.2, 0) is 27.1 Å². The third-order valence-electron chi connectivity index (χ3n) is 21.6. The molecule has 5 heterocycles. The molecular formula is C78H76BN3S2. The minimum atomic E-state index is -0.190. The van der Waals surface area contributed by atoms with Crippen LogP contribution in [-0.4, -0.2) is 12.3 Å². The van der Waals surface area contributed by atoms with Crippen molar-refractivity contribution in [2.45, 2.75) is 154 Å². The molecule has 84 heavy (non-hydrogen) atoms. The van der Waals surface area contributed by atoms with Gasteiger partial charge in [0, 0.05) is 80.1 Å². The first-order valence-electron chi connectivity index (χ1n) is 31.1. The average Bonchev–Trinajstić information content (AvgIpc) is 1.22. The molecule has 1 fully saturated rings. The largest absolute Gasteiger partial charge is 0.334 e. The van der Waals surface area contributed by atoms with Crippen molar-refractivity contribution in [2.24, 2.45) is 0 Å². The van der Waals surface area contributed by atoms with E-state index in [2.05, 4.69) is 268 Å². The number of nitrogens with zero attached hydrogens (tertiary/aromatic N) is 3. The van der Waals surface area contributed by atoms with Crippen LogP contribution >= 0.6 is 22.7 Å². The number of anilines is 8.